The van der Waals surface area contributed by atoms with Gasteiger partial charge in [-0.25, -0.2) is 4.39 Å². The van der Waals surface area contributed by atoms with Gasteiger partial charge in [-0.2, -0.15) is 0 Å². The van der Waals surface area contributed by atoms with Crippen molar-refractivity contribution in [2.45, 2.75) is 31.8 Å². The molecule has 1 aromatic carbocycles. The molecule has 0 amide bonds. The molecule has 0 bridgehead atoms. The molecule has 1 aromatic rings. The minimum Gasteiger partial charge on any atom is -0.385 e. The summed E-state index contributed by atoms with van der Waals surface area (Å²) in [6.45, 7) is 3.15. The molecule has 94 valence electrons. The predicted molar refractivity (Wildman–Crippen MR) is 64.1 cm³/mol. The molecule has 2 nitrogen and oxygen atoms in total. The molecule has 1 heterocycles. The van der Waals surface area contributed by atoms with Crippen LogP contribution in [0.2, 0.25) is 0 Å². The fourth-order valence-corrected chi connectivity index (χ4v) is 2.63. The second-order valence-electron chi connectivity index (χ2n) is 4.67. The first-order chi connectivity index (χ1) is 8.18. The number of aliphatic hydroxyl groups is 1. The number of rotatable bonds is 3. The van der Waals surface area contributed by atoms with Crippen molar-refractivity contribution in [3.63, 3.8) is 0 Å². The van der Waals surface area contributed by atoms with Gasteiger partial charge in [-0.3, -0.25) is 0 Å². The highest BCUT2D eigenvalue weighted by Crippen LogP contribution is 2.38. The lowest BCUT2D eigenvalue weighted by Crippen LogP contribution is -2.40. The maximum absolute atomic E-state index is 13.8. The largest absolute Gasteiger partial charge is 0.385 e. The molecule has 1 aliphatic heterocycles. The van der Waals surface area contributed by atoms with Gasteiger partial charge in [0.1, 0.15) is 5.82 Å². The molecular formula is C14H19FO2. The summed E-state index contributed by atoms with van der Waals surface area (Å²) in [6, 6.07) is 6.49. The smallest absolute Gasteiger partial charge is 0.129 e. The van der Waals surface area contributed by atoms with E-state index in [2.05, 4.69) is 0 Å². The summed E-state index contributed by atoms with van der Waals surface area (Å²) in [5.74, 6) is -0.347. The summed E-state index contributed by atoms with van der Waals surface area (Å²) >= 11 is 0. The Morgan fingerprint density at radius 2 is 2.24 bits per heavy atom. The summed E-state index contributed by atoms with van der Waals surface area (Å²) in [7, 11) is 0. The van der Waals surface area contributed by atoms with Gasteiger partial charge >= 0.3 is 0 Å². The van der Waals surface area contributed by atoms with E-state index in [9.17, 15) is 9.50 Å². The van der Waals surface area contributed by atoms with Crippen LogP contribution in [0.25, 0.3) is 0 Å². The van der Waals surface area contributed by atoms with Crippen LogP contribution in [0.1, 0.15) is 31.7 Å². The molecule has 1 N–H and O–H groups in total. The van der Waals surface area contributed by atoms with Gasteiger partial charge in [0.05, 0.1) is 12.2 Å². The summed E-state index contributed by atoms with van der Waals surface area (Å²) in [5.41, 5.74) is -0.704. The van der Waals surface area contributed by atoms with Gasteiger partial charge in [0, 0.05) is 18.1 Å². The van der Waals surface area contributed by atoms with Crippen molar-refractivity contribution in [3.8, 4) is 0 Å². The Kier molecular flexibility index (Phi) is 3.79. The average Bonchev–Trinajstić information content (AvgIpc) is 2.39. The Labute approximate surface area is 101 Å². The zero-order valence-corrected chi connectivity index (χ0v) is 10.2. The Hall–Kier alpha value is -0.930. The molecular weight excluding hydrogens is 219 g/mol. The van der Waals surface area contributed by atoms with E-state index in [4.69, 9.17) is 4.74 Å². The summed E-state index contributed by atoms with van der Waals surface area (Å²) in [6.07, 6.45) is 2.32. The molecule has 1 aliphatic rings. The molecule has 2 atom stereocenters. The second-order valence-corrected chi connectivity index (χ2v) is 4.67. The molecule has 2 rings (SSSR count). The van der Waals surface area contributed by atoms with E-state index in [1.165, 1.54) is 6.07 Å². The maximum Gasteiger partial charge on any atom is 0.129 e. The molecule has 0 radical (unpaired) electrons. The summed E-state index contributed by atoms with van der Waals surface area (Å²) in [5, 5.41) is 10.8. The van der Waals surface area contributed by atoms with E-state index in [1.54, 1.807) is 18.2 Å². The van der Waals surface area contributed by atoms with E-state index < -0.39 is 5.60 Å². The highest BCUT2D eigenvalue weighted by atomic mass is 19.1. The van der Waals surface area contributed by atoms with Crippen LogP contribution in [0.5, 0.6) is 0 Å². The Balaban J connectivity index is 2.32. The van der Waals surface area contributed by atoms with Crippen LogP contribution in [0.3, 0.4) is 0 Å². The molecule has 1 fully saturated rings. The minimum absolute atomic E-state index is 0.0156. The molecule has 0 aliphatic carbocycles. The number of halogens is 1. The third-order valence-corrected chi connectivity index (χ3v) is 3.71. The lowest BCUT2D eigenvalue weighted by Gasteiger charge is -2.38. The van der Waals surface area contributed by atoms with Crippen LogP contribution in [-0.4, -0.2) is 18.3 Å². The van der Waals surface area contributed by atoms with Gasteiger partial charge in [0.25, 0.3) is 0 Å². The van der Waals surface area contributed by atoms with Crippen LogP contribution < -0.4 is 0 Å². The highest BCUT2D eigenvalue weighted by Gasteiger charge is 2.39. The van der Waals surface area contributed by atoms with Gasteiger partial charge in [0.15, 0.2) is 0 Å². The summed E-state index contributed by atoms with van der Waals surface area (Å²) in [4.78, 5) is 0. The molecule has 3 heteroatoms. The first-order valence-corrected chi connectivity index (χ1v) is 6.23. The number of benzene rings is 1. The van der Waals surface area contributed by atoms with Crippen molar-refractivity contribution in [2.24, 2.45) is 5.92 Å². The standard InChI is InChI=1S/C14H19FO2/c1-2-14(16,11-6-5-9-17-10-11)12-7-3-4-8-13(12)15/h3-4,7-8,11,16H,2,5-6,9-10H2,1H3. The van der Waals surface area contributed by atoms with Crippen molar-refractivity contribution >= 4 is 0 Å². The van der Waals surface area contributed by atoms with Gasteiger partial charge < -0.3 is 9.84 Å². The van der Waals surface area contributed by atoms with E-state index in [0.29, 0.717) is 18.6 Å². The Bertz CT molecular complexity index is 374. The van der Waals surface area contributed by atoms with Gasteiger partial charge in [-0.15, -0.1) is 0 Å². The fourth-order valence-electron chi connectivity index (χ4n) is 2.63. The van der Waals surface area contributed by atoms with E-state index in [0.717, 1.165) is 19.4 Å². The molecule has 0 saturated carbocycles. The topological polar surface area (TPSA) is 29.5 Å². The number of ether oxygens (including phenoxy) is 1. The summed E-state index contributed by atoms with van der Waals surface area (Å²) < 4.78 is 19.2. The predicted octanol–water partition coefficient (Wildman–Crippen LogP) is 2.85. The monoisotopic (exact) mass is 238 g/mol. The molecule has 17 heavy (non-hydrogen) atoms. The molecule has 0 spiro atoms. The van der Waals surface area contributed by atoms with Gasteiger partial charge in [-0.1, -0.05) is 25.1 Å². The first-order valence-electron chi connectivity index (χ1n) is 6.23. The number of hydrogen-bond donors (Lipinski definition) is 1. The van der Waals surface area contributed by atoms with Crippen LogP contribution in [-0.2, 0) is 10.3 Å². The Morgan fingerprint density at radius 1 is 1.47 bits per heavy atom. The lowest BCUT2D eigenvalue weighted by molar-refractivity contribution is -0.0882. The molecule has 0 aromatic heterocycles. The van der Waals surface area contributed by atoms with E-state index >= 15 is 0 Å². The minimum atomic E-state index is -1.11. The third kappa shape index (κ3) is 2.35. The van der Waals surface area contributed by atoms with Crippen molar-refractivity contribution in [3.05, 3.63) is 35.6 Å². The quantitative estimate of drug-likeness (QED) is 0.877. The van der Waals surface area contributed by atoms with Crippen molar-refractivity contribution in [1.82, 2.24) is 0 Å². The van der Waals surface area contributed by atoms with Crippen LogP contribution in [0, 0.1) is 11.7 Å². The first kappa shape index (κ1) is 12.5. The zero-order valence-electron chi connectivity index (χ0n) is 10.2. The fraction of sp³-hybridized carbons (Fsp3) is 0.571. The average molecular weight is 238 g/mol. The van der Waals surface area contributed by atoms with Crippen molar-refractivity contribution < 1.29 is 14.2 Å². The van der Waals surface area contributed by atoms with Gasteiger partial charge in [-0.05, 0) is 25.3 Å². The van der Waals surface area contributed by atoms with Gasteiger partial charge in [0.2, 0.25) is 0 Å². The van der Waals surface area contributed by atoms with Crippen LogP contribution in [0.4, 0.5) is 4.39 Å². The van der Waals surface area contributed by atoms with Crippen molar-refractivity contribution in [2.75, 3.05) is 13.2 Å². The number of hydrogen-bond acceptors (Lipinski definition) is 2. The normalized spacial score (nSPS) is 24.3. The second kappa shape index (κ2) is 5.15. The lowest BCUT2D eigenvalue weighted by atomic mass is 9.76. The van der Waals surface area contributed by atoms with Crippen LogP contribution in [0.15, 0.2) is 24.3 Å². The highest BCUT2D eigenvalue weighted by molar-refractivity contribution is 5.25. The molecule has 1 saturated heterocycles. The SMILES string of the molecule is CCC(O)(c1ccccc1F)C1CCCOC1. The Morgan fingerprint density at radius 3 is 2.82 bits per heavy atom. The maximum atomic E-state index is 13.8. The van der Waals surface area contributed by atoms with Crippen molar-refractivity contribution in [1.29, 1.82) is 0 Å². The third-order valence-electron chi connectivity index (χ3n) is 3.71. The zero-order chi connectivity index (χ0) is 12.3. The van der Waals surface area contributed by atoms with E-state index in [1.807, 2.05) is 6.92 Å². The molecule has 2 unspecified atom stereocenters. The van der Waals surface area contributed by atoms with E-state index in [-0.39, 0.29) is 11.7 Å². The van der Waals surface area contributed by atoms with Crippen LogP contribution >= 0.6 is 0 Å².